The maximum absolute atomic E-state index is 12.8. The van der Waals surface area contributed by atoms with Gasteiger partial charge in [0.25, 0.3) is 5.91 Å². The van der Waals surface area contributed by atoms with Gasteiger partial charge in [0, 0.05) is 18.3 Å². The average Bonchev–Trinajstić information content (AvgIpc) is 2.67. The first-order valence-electron chi connectivity index (χ1n) is 9.34. The highest BCUT2D eigenvalue weighted by Crippen LogP contribution is 2.16. The number of anilines is 1. The number of hydrogen-bond donors (Lipinski definition) is 3. The van der Waals surface area contributed by atoms with Gasteiger partial charge in [-0.2, -0.15) is 4.72 Å². The molecule has 0 radical (unpaired) electrons. The van der Waals surface area contributed by atoms with Gasteiger partial charge in [0.1, 0.15) is 6.04 Å². The Hall–Kier alpha value is -2.71. The molecule has 8 heteroatoms. The van der Waals surface area contributed by atoms with E-state index in [-0.39, 0.29) is 16.7 Å². The largest absolute Gasteiger partial charge is 0.355 e. The molecule has 7 nitrogen and oxygen atoms in total. The van der Waals surface area contributed by atoms with E-state index in [9.17, 15) is 18.0 Å². The lowest BCUT2D eigenvalue weighted by atomic mass is 10.0. The Labute approximate surface area is 172 Å². The number of rotatable bonds is 8. The molecule has 0 fully saturated rings. The van der Waals surface area contributed by atoms with E-state index >= 15 is 0 Å². The molecule has 2 aromatic carbocycles. The molecule has 2 rings (SSSR count). The Morgan fingerprint density at radius 2 is 1.55 bits per heavy atom. The van der Waals surface area contributed by atoms with E-state index < -0.39 is 22.0 Å². The molecule has 156 valence electrons. The van der Waals surface area contributed by atoms with Crippen molar-refractivity contribution in [2.75, 3.05) is 12.4 Å². The lowest BCUT2D eigenvalue weighted by Gasteiger charge is -2.20. The Morgan fingerprint density at radius 3 is 2.07 bits per heavy atom. The molecule has 0 unspecified atom stereocenters. The van der Waals surface area contributed by atoms with Crippen molar-refractivity contribution in [3.63, 3.8) is 0 Å². The van der Waals surface area contributed by atoms with Gasteiger partial charge < -0.3 is 10.6 Å². The number of carbonyl (C=O) groups excluding carboxylic acids is 2. The number of aryl methyl sites for hydroxylation is 1. The minimum atomic E-state index is -3.84. The predicted octanol–water partition coefficient (Wildman–Crippen LogP) is 2.69. The second-order valence-electron chi connectivity index (χ2n) is 7.26. The maximum atomic E-state index is 12.8. The lowest BCUT2D eigenvalue weighted by molar-refractivity contribution is -0.118. The van der Waals surface area contributed by atoms with Crippen LogP contribution in [0.25, 0.3) is 0 Å². The van der Waals surface area contributed by atoms with Crippen LogP contribution in [0.5, 0.6) is 0 Å². The van der Waals surface area contributed by atoms with Crippen LogP contribution in [0.3, 0.4) is 0 Å². The zero-order chi connectivity index (χ0) is 21.6. The predicted molar refractivity (Wildman–Crippen MR) is 113 cm³/mol. The maximum Gasteiger partial charge on any atom is 0.251 e. The van der Waals surface area contributed by atoms with Crippen molar-refractivity contribution in [2.24, 2.45) is 5.92 Å². The van der Waals surface area contributed by atoms with Gasteiger partial charge in [0.05, 0.1) is 4.90 Å². The summed E-state index contributed by atoms with van der Waals surface area (Å²) in [7, 11) is -2.31. The van der Waals surface area contributed by atoms with Crippen molar-refractivity contribution in [3.05, 3.63) is 59.7 Å². The highest BCUT2D eigenvalue weighted by Gasteiger charge is 2.26. The molecule has 0 saturated carbocycles. The van der Waals surface area contributed by atoms with E-state index in [1.165, 1.54) is 19.2 Å². The van der Waals surface area contributed by atoms with Gasteiger partial charge in [0.15, 0.2) is 0 Å². The summed E-state index contributed by atoms with van der Waals surface area (Å²) in [5.74, 6) is -0.587. The zero-order valence-electron chi connectivity index (χ0n) is 17.0. The summed E-state index contributed by atoms with van der Waals surface area (Å²) in [5.41, 5.74) is 1.89. The third kappa shape index (κ3) is 6.40. The fraction of sp³-hybridized carbons (Fsp3) is 0.333. The normalized spacial score (nSPS) is 12.4. The number of hydrogen-bond acceptors (Lipinski definition) is 4. The van der Waals surface area contributed by atoms with Gasteiger partial charge in [-0.25, -0.2) is 8.42 Å². The molecule has 29 heavy (non-hydrogen) atoms. The molecule has 3 N–H and O–H groups in total. The summed E-state index contributed by atoms with van der Waals surface area (Å²) < 4.78 is 27.9. The summed E-state index contributed by atoms with van der Waals surface area (Å²) in [6.45, 7) is 5.70. The van der Waals surface area contributed by atoms with Crippen LogP contribution in [0.15, 0.2) is 53.4 Å². The second-order valence-corrected chi connectivity index (χ2v) is 8.98. The molecule has 0 aromatic heterocycles. The van der Waals surface area contributed by atoms with E-state index in [4.69, 9.17) is 0 Å². The third-order valence-corrected chi connectivity index (χ3v) is 5.78. The average molecular weight is 418 g/mol. The molecule has 0 heterocycles. The standard InChI is InChI=1S/C21H27N3O4S/c1-14(2)13-19(24-29(27,28)18-11-5-15(3)6-12-18)21(26)23-17-9-7-16(8-10-17)20(25)22-4/h5-12,14,19,24H,13H2,1-4H3,(H,22,25)(H,23,26)/t19-/m1/s1. The molecule has 0 aliphatic heterocycles. The van der Waals surface area contributed by atoms with E-state index in [0.717, 1.165) is 5.56 Å². The minimum absolute atomic E-state index is 0.0992. The van der Waals surface area contributed by atoms with Crippen molar-refractivity contribution in [3.8, 4) is 0 Å². The summed E-state index contributed by atoms with van der Waals surface area (Å²) in [6, 6.07) is 11.9. The van der Waals surface area contributed by atoms with Crippen molar-refractivity contribution in [2.45, 2.75) is 38.1 Å². The van der Waals surface area contributed by atoms with Crippen LogP contribution in [0.1, 0.15) is 36.2 Å². The number of amides is 2. The molecule has 0 aliphatic rings. The number of benzene rings is 2. The SMILES string of the molecule is CNC(=O)c1ccc(NC(=O)[C@@H](CC(C)C)NS(=O)(=O)c2ccc(C)cc2)cc1. The zero-order valence-corrected chi connectivity index (χ0v) is 17.8. The van der Waals surface area contributed by atoms with Crippen LogP contribution in [0.4, 0.5) is 5.69 Å². The summed E-state index contributed by atoms with van der Waals surface area (Å²) in [6.07, 6.45) is 0.341. The van der Waals surface area contributed by atoms with Crippen molar-refractivity contribution >= 4 is 27.5 Å². The topological polar surface area (TPSA) is 104 Å². The molecule has 0 bridgehead atoms. The van der Waals surface area contributed by atoms with Crippen LogP contribution >= 0.6 is 0 Å². The fourth-order valence-electron chi connectivity index (χ4n) is 2.73. The van der Waals surface area contributed by atoms with Crippen LogP contribution in [0.2, 0.25) is 0 Å². The quantitative estimate of drug-likeness (QED) is 0.614. The smallest absolute Gasteiger partial charge is 0.251 e. The first kappa shape index (κ1) is 22.6. The molecule has 2 amide bonds. The number of carbonyl (C=O) groups is 2. The van der Waals surface area contributed by atoms with Gasteiger partial charge in [0.2, 0.25) is 15.9 Å². The van der Waals surface area contributed by atoms with E-state index in [1.807, 2.05) is 20.8 Å². The van der Waals surface area contributed by atoms with Crippen molar-refractivity contribution < 1.29 is 18.0 Å². The van der Waals surface area contributed by atoms with Crippen LogP contribution in [-0.2, 0) is 14.8 Å². The Bertz CT molecular complexity index is 952. The minimum Gasteiger partial charge on any atom is -0.355 e. The van der Waals surface area contributed by atoms with Gasteiger partial charge in [-0.15, -0.1) is 0 Å². The van der Waals surface area contributed by atoms with E-state index in [0.29, 0.717) is 17.7 Å². The summed E-state index contributed by atoms with van der Waals surface area (Å²) in [5, 5.41) is 5.24. The number of nitrogens with one attached hydrogen (secondary N) is 3. The van der Waals surface area contributed by atoms with Crippen LogP contribution < -0.4 is 15.4 Å². The fourth-order valence-corrected chi connectivity index (χ4v) is 3.94. The third-order valence-electron chi connectivity index (χ3n) is 4.29. The molecule has 0 saturated heterocycles. The molecule has 0 spiro atoms. The first-order valence-corrected chi connectivity index (χ1v) is 10.8. The van der Waals surface area contributed by atoms with Gasteiger partial charge in [-0.3, -0.25) is 9.59 Å². The molecular weight excluding hydrogens is 390 g/mol. The number of sulfonamides is 1. The Kier molecular flexibility index (Phi) is 7.53. The molecular formula is C21H27N3O4S. The van der Waals surface area contributed by atoms with Crippen LogP contribution in [0, 0.1) is 12.8 Å². The van der Waals surface area contributed by atoms with Gasteiger partial charge in [-0.1, -0.05) is 31.5 Å². The highest BCUT2D eigenvalue weighted by molar-refractivity contribution is 7.89. The second kappa shape index (κ2) is 9.67. The highest BCUT2D eigenvalue weighted by atomic mass is 32.2. The molecule has 1 atom stereocenters. The van der Waals surface area contributed by atoms with Crippen LogP contribution in [-0.4, -0.2) is 33.3 Å². The lowest BCUT2D eigenvalue weighted by Crippen LogP contribution is -2.44. The first-order chi connectivity index (χ1) is 13.6. The van der Waals surface area contributed by atoms with Gasteiger partial charge >= 0.3 is 0 Å². The van der Waals surface area contributed by atoms with Gasteiger partial charge in [-0.05, 0) is 55.7 Å². The Morgan fingerprint density at radius 1 is 0.966 bits per heavy atom. The molecule has 0 aliphatic carbocycles. The monoisotopic (exact) mass is 417 g/mol. The van der Waals surface area contributed by atoms with E-state index in [1.54, 1.807) is 36.4 Å². The van der Waals surface area contributed by atoms with Crippen molar-refractivity contribution in [1.82, 2.24) is 10.0 Å². The summed E-state index contributed by atoms with van der Waals surface area (Å²) in [4.78, 5) is 24.5. The van der Waals surface area contributed by atoms with E-state index in [2.05, 4.69) is 15.4 Å². The van der Waals surface area contributed by atoms with Crippen molar-refractivity contribution in [1.29, 1.82) is 0 Å². The Balaban J connectivity index is 2.17. The summed E-state index contributed by atoms with van der Waals surface area (Å²) >= 11 is 0. The molecule has 2 aromatic rings.